The van der Waals surface area contributed by atoms with E-state index in [-0.39, 0.29) is 5.75 Å². The highest BCUT2D eigenvalue weighted by Crippen LogP contribution is 2.35. The summed E-state index contributed by atoms with van der Waals surface area (Å²) in [6.07, 6.45) is 1.78. The van der Waals surface area contributed by atoms with Crippen LogP contribution >= 0.6 is 11.3 Å². The highest BCUT2D eigenvalue weighted by Gasteiger charge is 2.09. The van der Waals surface area contributed by atoms with Crippen molar-refractivity contribution in [2.75, 3.05) is 5.75 Å². The van der Waals surface area contributed by atoms with Gasteiger partial charge in [-0.3, -0.25) is 5.41 Å². The smallest absolute Gasteiger partial charge is 0.154 e. The Bertz CT molecular complexity index is 1160. The van der Waals surface area contributed by atoms with Crippen LogP contribution in [0.1, 0.15) is 0 Å². The number of aryl methyl sites for hydroxylation is 1. The van der Waals surface area contributed by atoms with Gasteiger partial charge >= 0.3 is 0 Å². The summed E-state index contributed by atoms with van der Waals surface area (Å²) in [6, 6.07) is 18.4. The number of benzene rings is 2. The summed E-state index contributed by atoms with van der Waals surface area (Å²) in [4.78, 5) is 0. The summed E-state index contributed by atoms with van der Waals surface area (Å²) in [5, 5.41) is 10.9. The van der Waals surface area contributed by atoms with Crippen molar-refractivity contribution < 1.29 is 8.76 Å². The minimum atomic E-state index is -1.86. The molecular weight excluding hydrogens is 352 g/mol. The number of aromatic nitrogens is 1. The summed E-state index contributed by atoms with van der Waals surface area (Å²) in [6.45, 7) is 0.347. The largest absolute Gasteiger partial charge is 0.332 e. The zero-order chi connectivity index (χ0) is 17.4. The molecule has 2 aromatic heterocycles. The number of hydrogen-bond acceptors (Lipinski definition) is 3. The number of thiophene rings is 1. The Hall–Kier alpha value is -2.28. The summed E-state index contributed by atoms with van der Waals surface area (Å²) >= 11 is -0.0866. The van der Waals surface area contributed by atoms with E-state index in [1.54, 1.807) is 22.1 Å². The van der Waals surface area contributed by atoms with Crippen LogP contribution in [0, 0.1) is 5.41 Å². The van der Waals surface area contributed by atoms with Crippen LogP contribution in [0.2, 0.25) is 0 Å². The molecule has 25 heavy (non-hydrogen) atoms. The number of hydrogen-bond donors (Lipinski definition) is 2. The fraction of sp³-hybridized carbons (Fsp3) is 0.105. The maximum Gasteiger partial charge on any atom is 0.154 e. The molecule has 0 aliphatic carbocycles. The SMILES string of the molecule is N=c1c(-c2ccc3sc4ccccc4c3c2)cccn1CCS(=O)O. The van der Waals surface area contributed by atoms with Crippen LogP contribution in [-0.4, -0.2) is 19.1 Å². The van der Waals surface area contributed by atoms with E-state index in [1.165, 1.54) is 20.2 Å². The van der Waals surface area contributed by atoms with Gasteiger partial charge in [-0.15, -0.1) is 11.3 Å². The zero-order valence-electron chi connectivity index (χ0n) is 13.3. The molecule has 0 aliphatic rings. The van der Waals surface area contributed by atoms with Crippen molar-refractivity contribution in [2.24, 2.45) is 0 Å². The fourth-order valence-corrected chi connectivity index (χ4v) is 4.48. The first-order chi connectivity index (χ1) is 12.1. The van der Waals surface area contributed by atoms with Crippen LogP contribution in [0.3, 0.4) is 0 Å². The topological polar surface area (TPSA) is 66.1 Å². The van der Waals surface area contributed by atoms with Gasteiger partial charge in [0.15, 0.2) is 11.1 Å². The lowest BCUT2D eigenvalue weighted by Gasteiger charge is -2.09. The quantitative estimate of drug-likeness (QED) is 0.530. The Balaban J connectivity index is 1.84. The Morgan fingerprint density at radius 2 is 1.84 bits per heavy atom. The lowest BCUT2D eigenvalue weighted by molar-refractivity contribution is 0.555. The number of fused-ring (bicyclic) bond motifs is 3. The van der Waals surface area contributed by atoms with E-state index in [0.29, 0.717) is 12.0 Å². The molecule has 0 spiro atoms. The molecule has 0 saturated carbocycles. The van der Waals surface area contributed by atoms with Crippen LogP contribution < -0.4 is 5.49 Å². The van der Waals surface area contributed by atoms with Gasteiger partial charge in [0, 0.05) is 38.5 Å². The van der Waals surface area contributed by atoms with E-state index in [2.05, 4.69) is 24.3 Å². The van der Waals surface area contributed by atoms with Crippen molar-refractivity contribution >= 4 is 42.6 Å². The summed E-state index contributed by atoms with van der Waals surface area (Å²) in [5.74, 6) is 0.119. The molecule has 0 amide bonds. The molecule has 2 N–H and O–H groups in total. The predicted octanol–water partition coefficient (Wildman–Crippen LogP) is 4.22. The first-order valence-electron chi connectivity index (χ1n) is 7.86. The molecular formula is C19H16N2O2S2. The summed E-state index contributed by atoms with van der Waals surface area (Å²) in [5.41, 5.74) is 2.16. The number of nitrogens with one attached hydrogen (secondary N) is 1. The van der Waals surface area contributed by atoms with E-state index in [4.69, 9.17) is 9.96 Å². The molecule has 126 valence electrons. The van der Waals surface area contributed by atoms with Crippen molar-refractivity contribution in [2.45, 2.75) is 6.54 Å². The predicted molar refractivity (Wildman–Crippen MR) is 104 cm³/mol. The lowest BCUT2D eigenvalue weighted by Crippen LogP contribution is -2.23. The normalized spacial score (nSPS) is 12.7. The molecule has 0 bridgehead atoms. The second-order valence-electron chi connectivity index (χ2n) is 5.80. The van der Waals surface area contributed by atoms with Gasteiger partial charge in [-0.25, -0.2) is 4.21 Å². The van der Waals surface area contributed by atoms with E-state index in [9.17, 15) is 4.21 Å². The zero-order valence-corrected chi connectivity index (χ0v) is 14.9. The Morgan fingerprint density at radius 1 is 1.04 bits per heavy atom. The van der Waals surface area contributed by atoms with Crippen LogP contribution in [0.25, 0.3) is 31.3 Å². The van der Waals surface area contributed by atoms with Gasteiger partial charge in [0.05, 0.1) is 5.75 Å². The maximum atomic E-state index is 10.9. The standard InChI is InChI=1S/C19H16N2O2S2/c20-19-14(5-3-9-21(19)10-11-25(22)23)13-7-8-18-16(12-13)15-4-1-2-6-17(15)24-18/h1-9,12,20H,10-11H2,(H,22,23). The highest BCUT2D eigenvalue weighted by molar-refractivity contribution is 7.79. The Kier molecular flexibility index (Phi) is 4.25. The minimum Gasteiger partial charge on any atom is -0.332 e. The van der Waals surface area contributed by atoms with E-state index in [0.717, 1.165) is 11.1 Å². The molecule has 0 radical (unpaired) electrons. The van der Waals surface area contributed by atoms with Crippen LogP contribution in [-0.2, 0) is 17.6 Å². The average molecular weight is 368 g/mol. The fourth-order valence-electron chi connectivity index (χ4n) is 3.04. The van der Waals surface area contributed by atoms with Crippen molar-refractivity contribution in [1.82, 2.24) is 4.57 Å². The molecule has 4 rings (SSSR count). The van der Waals surface area contributed by atoms with Gasteiger partial charge in [-0.05, 0) is 35.9 Å². The number of nitrogens with zero attached hydrogens (tertiary/aromatic N) is 1. The lowest BCUT2D eigenvalue weighted by atomic mass is 10.0. The molecule has 6 heteroatoms. The van der Waals surface area contributed by atoms with Gasteiger partial charge in [-0.1, -0.05) is 24.3 Å². The van der Waals surface area contributed by atoms with Gasteiger partial charge in [0.1, 0.15) is 5.49 Å². The van der Waals surface area contributed by atoms with E-state index in [1.807, 2.05) is 30.3 Å². The Morgan fingerprint density at radius 3 is 2.68 bits per heavy atom. The van der Waals surface area contributed by atoms with Crippen molar-refractivity contribution in [3.05, 3.63) is 66.3 Å². The Labute approximate surface area is 151 Å². The highest BCUT2D eigenvalue weighted by atomic mass is 32.2. The van der Waals surface area contributed by atoms with Gasteiger partial charge in [-0.2, -0.15) is 0 Å². The third kappa shape index (κ3) is 3.04. The maximum absolute atomic E-state index is 10.9. The molecule has 0 fully saturated rings. The first-order valence-corrected chi connectivity index (χ1v) is 9.96. The molecule has 0 aliphatic heterocycles. The summed E-state index contributed by atoms with van der Waals surface area (Å²) < 4.78 is 24.1. The molecule has 2 aromatic carbocycles. The van der Waals surface area contributed by atoms with Crippen LogP contribution in [0.4, 0.5) is 0 Å². The van der Waals surface area contributed by atoms with Crippen molar-refractivity contribution in [3.8, 4) is 11.1 Å². The van der Waals surface area contributed by atoms with Gasteiger partial charge < -0.3 is 9.12 Å². The first kappa shape index (κ1) is 16.2. The van der Waals surface area contributed by atoms with Gasteiger partial charge in [0.2, 0.25) is 0 Å². The summed E-state index contributed by atoms with van der Waals surface area (Å²) in [7, 11) is 0. The molecule has 4 aromatic rings. The second-order valence-corrected chi connectivity index (χ2v) is 7.93. The minimum absolute atomic E-state index is 0.119. The molecule has 1 atom stereocenters. The van der Waals surface area contributed by atoms with Crippen LogP contribution in [0.15, 0.2) is 60.8 Å². The number of pyridine rings is 1. The monoisotopic (exact) mass is 368 g/mol. The second kappa shape index (κ2) is 6.55. The third-order valence-corrected chi connectivity index (χ3v) is 5.95. The van der Waals surface area contributed by atoms with Gasteiger partial charge in [0.25, 0.3) is 0 Å². The third-order valence-electron chi connectivity index (χ3n) is 4.27. The molecule has 0 saturated heterocycles. The average Bonchev–Trinajstić information content (AvgIpc) is 2.98. The van der Waals surface area contributed by atoms with Crippen molar-refractivity contribution in [1.29, 1.82) is 5.41 Å². The molecule has 1 unspecified atom stereocenters. The van der Waals surface area contributed by atoms with Crippen LogP contribution in [0.5, 0.6) is 0 Å². The number of rotatable bonds is 4. The molecule has 2 heterocycles. The van der Waals surface area contributed by atoms with Crippen molar-refractivity contribution in [3.63, 3.8) is 0 Å². The molecule has 4 nitrogen and oxygen atoms in total. The van der Waals surface area contributed by atoms with E-state index >= 15 is 0 Å². The van der Waals surface area contributed by atoms with E-state index < -0.39 is 11.1 Å².